The molecule has 1 atom stereocenters. The molecule has 0 unspecified atom stereocenters. The van der Waals surface area contributed by atoms with Crippen molar-refractivity contribution in [2.45, 2.75) is 26.0 Å². The van der Waals surface area contributed by atoms with E-state index < -0.39 is 18.0 Å². The molecule has 1 aliphatic heterocycles. The normalized spacial score (nSPS) is 15.9. The van der Waals surface area contributed by atoms with Crippen LogP contribution in [0.25, 0.3) is 11.1 Å². The van der Waals surface area contributed by atoms with E-state index in [1.807, 2.05) is 24.3 Å². The van der Waals surface area contributed by atoms with E-state index in [0.717, 1.165) is 11.1 Å². The highest BCUT2D eigenvalue weighted by Crippen LogP contribution is 2.29. The van der Waals surface area contributed by atoms with Crippen molar-refractivity contribution in [2.75, 3.05) is 31.2 Å². The van der Waals surface area contributed by atoms with Gasteiger partial charge in [-0.25, -0.2) is 9.18 Å². The molecule has 2 amide bonds. The number of hydrogen-bond donors (Lipinski definition) is 2. The Labute approximate surface area is 174 Å². The molecule has 0 radical (unpaired) electrons. The number of carbonyl (C=O) groups is 2. The number of alkyl halides is 1. The Bertz CT molecular complexity index is 890. The number of hydrogen-bond acceptors (Lipinski definition) is 4. The predicted molar refractivity (Wildman–Crippen MR) is 110 cm³/mol. The number of benzene rings is 2. The van der Waals surface area contributed by atoms with Crippen LogP contribution in [0.15, 0.2) is 42.5 Å². The largest absolute Gasteiger partial charge is 0.442 e. The zero-order valence-corrected chi connectivity index (χ0v) is 16.8. The van der Waals surface area contributed by atoms with E-state index in [0.29, 0.717) is 30.8 Å². The fraction of sp³-hybridized carbons (Fsp3) is 0.364. The molecule has 1 heterocycles. The van der Waals surface area contributed by atoms with Gasteiger partial charge >= 0.3 is 6.09 Å². The van der Waals surface area contributed by atoms with Crippen molar-refractivity contribution < 1.29 is 23.1 Å². The van der Waals surface area contributed by atoms with Crippen LogP contribution in [-0.2, 0) is 16.1 Å². The van der Waals surface area contributed by atoms with Crippen molar-refractivity contribution in [1.82, 2.24) is 10.6 Å². The van der Waals surface area contributed by atoms with Gasteiger partial charge in [0.15, 0.2) is 0 Å². The van der Waals surface area contributed by atoms with Gasteiger partial charge in [-0.1, -0.05) is 24.3 Å². The molecular weight excluding hydrogens is 392 g/mol. The van der Waals surface area contributed by atoms with Crippen LogP contribution in [0, 0.1) is 5.82 Å². The van der Waals surface area contributed by atoms with Crippen LogP contribution in [0.3, 0.4) is 0 Å². The SMILES string of the molecule is CC(=O)NC[C@@H]1CN(c2ccc(-c3ccc(CNCCCF)cc3)c(F)c2)C(=O)O1. The van der Waals surface area contributed by atoms with Gasteiger partial charge in [0.05, 0.1) is 25.5 Å². The average molecular weight is 417 g/mol. The number of carbonyl (C=O) groups excluding carboxylic acids is 2. The zero-order chi connectivity index (χ0) is 21.5. The maximum atomic E-state index is 14.8. The number of nitrogens with one attached hydrogen (secondary N) is 2. The first-order valence-corrected chi connectivity index (χ1v) is 9.86. The first kappa shape index (κ1) is 21.7. The molecule has 2 aromatic carbocycles. The lowest BCUT2D eigenvalue weighted by atomic mass is 10.0. The molecule has 0 spiro atoms. The quantitative estimate of drug-likeness (QED) is 0.614. The van der Waals surface area contributed by atoms with E-state index in [4.69, 9.17) is 4.74 Å². The van der Waals surface area contributed by atoms with Gasteiger partial charge in [-0.15, -0.1) is 0 Å². The summed E-state index contributed by atoms with van der Waals surface area (Å²) in [5, 5.41) is 5.76. The monoisotopic (exact) mass is 417 g/mol. The minimum atomic E-state index is -0.567. The molecule has 0 aromatic heterocycles. The van der Waals surface area contributed by atoms with Gasteiger partial charge < -0.3 is 15.4 Å². The van der Waals surface area contributed by atoms with Crippen LogP contribution in [0.2, 0.25) is 0 Å². The van der Waals surface area contributed by atoms with Crippen LogP contribution in [0.1, 0.15) is 18.9 Å². The summed E-state index contributed by atoms with van der Waals surface area (Å²) in [6.07, 6.45) is -0.564. The molecule has 0 saturated carbocycles. The molecule has 1 fully saturated rings. The lowest BCUT2D eigenvalue weighted by Crippen LogP contribution is -2.33. The van der Waals surface area contributed by atoms with Gasteiger partial charge in [-0.2, -0.15) is 0 Å². The lowest BCUT2D eigenvalue weighted by Gasteiger charge is -2.15. The molecule has 8 heteroatoms. The number of halogens is 2. The third-order valence-electron chi connectivity index (χ3n) is 4.80. The highest BCUT2D eigenvalue weighted by atomic mass is 19.1. The Hall–Kier alpha value is -3.00. The maximum Gasteiger partial charge on any atom is 0.414 e. The van der Waals surface area contributed by atoms with E-state index in [2.05, 4.69) is 10.6 Å². The summed E-state index contributed by atoms with van der Waals surface area (Å²) < 4.78 is 32.1. The van der Waals surface area contributed by atoms with Crippen LogP contribution < -0.4 is 15.5 Å². The number of anilines is 1. The second-order valence-corrected chi connectivity index (χ2v) is 7.13. The second-order valence-electron chi connectivity index (χ2n) is 7.13. The first-order chi connectivity index (χ1) is 14.5. The summed E-state index contributed by atoms with van der Waals surface area (Å²) in [5.41, 5.74) is 2.58. The molecule has 1 saturated heterocycles. The van der Waals surface area contributed by atoms with Gasteiger partial charge in [0.1, 0.15) is 11.9 Å². The summed E-state index contributed by atoms with van der Waals surface area (Å²) in [7, 11) is 0. The number of nitrogens with zero attached hydrogens (tertiary/aromatic N) is 1. The second kappa shape index (κ2) is 10.2. The lowest BCUT2D eigenvalue weighted by molar-refractivity contribution is -0.119. The summed E-state index contributed by atoms with van der Waals surface area (Å²) in [5.74, 6) is -0.652. The number of cyclic esters (lactones) is 1. The molecule has 3 rings (SSSR count). The predicted octanol–water partition coefficient (Wildman–Crippen LogP) is 3.40. The number of amides is 2. The van der Waals surface area contributed by atoms with Crippen molar-refractivity contribution >= 4 is 17.7 Å². The molecule has 30 heavy (non-hydrogen) atoms. The van der Waals surface area contributed by atoms with Crippen molar-refractivity contribution in [2.24, 2.45) is 0 Å². The molecule has 1 aliphatic rings. The van der Waals surface area contributed by atoms with E-state index >= 15 is 0 Å². The summed E-state index contributed by atoms with van der Waals surface area (Å²) in [4.78, 5) is 24.5. The van der Waals surface area contributed by atoms with Gasteiger partial charge in [-0.05, 0) is 42.3 Å². The Morgan fingerprint density at radius 1 is 1.23 bits per heavy atom. The van der Waals surface area contributed by atoms with Gasteiger partial charge in [0.25, 0.3) is 0 Å². The highest BCUT2D eigenvalue weighted by molar-refractivity contribution is 5.90. The fourth-order valence-corrected chi connectivity index (χ4v) is 3.23. The number of rotatable bonds is 9. The van der Waals surface area contributed by atoms with Crippen molar-refractivity contribution in [1.29, 1.82) is 0 Å². The molecule has 2 aromatic rings. The molecule has 160 valence electrons. The molecule has 0 bridgehead atoms. The summed E-state index contributed by atoms with van der Waals surface area (Å²) in [6, 6.07) is 12.1. The Kier molecular flexibility index (Phi) is 7.35. The van der Waals surface area contributed by atoms with Crippen molar-refractivity contribution in [3.05, 3.63) is 53.8 Å². The minimum absolute atomic E-state index is 0.207. The van der Waals surface area contributed by atoms with Crippen molar-refractivity contribution in [3.63, 3.8) is 0 Å². The van der Waals surface area contributed by atoms with E-state index in [1.165, 1.54) is 17.9 Å². The van der Waals surface area contributed by atoms with Crippen LogP contribution in [0.5, 0.6) is 0 Å². The summed E-state index contributed by atoms with van der Waals surface area (Å²) >= 11 is 0. The molecule has 0 aliphatic carbocycles. The zero-order valence-electron chi connectivity index (χ0n) is 16.8. The fourth-order valence-electron chi connectivity index (χ4n) is 3.23. The van der Waals surface area contributed by atoms with E-state index in [-0.39, 0.29) is 25.7 Å². The topological polar surface area (TPSA) is 70.7 Å². The standard InChI is InChI=1S/C22H25F2N3O3/c1-15(28)26-13-19-14-27(22(29)30-19)18-7-8-20(21(24)11-18)17-5-3-16(4-6-17)12-25-10-2-9-23/h3-8,11,19,25H,2,9-10,12-14H2,1H3,(H,26,28)/t19-/m1/s1. The molecule has 6 nitrogen and oxygen atoms in total. The highest BCUT2D eigenvalue weighted by Gasteiger charge is 2.32. The van der Waals surface area contributed by atoms with E-state index in [1.54, 1.807) is 12.1 Å². The number of ether oxygens (including phenoxy) is 1. The molecule has 2 N–H and O–H groups in total. The maximum absolute atomic E-state index is 14.8. The minimum Gasteiger partial charge on any atom is -0.442 e. The Balaban J connectivity index is 1.65. The Morgan fingerprint density at radius 2 is 2.00 bits per heavy atom. The van der Waals surface area contributed by atoms with E-state index in [9.17, 15) is 18.4 Å². The van der Waals surface area contributed by atoms with Crippen LogP contribution in [-0.4, -0.2) is 44.4 Å². The van der Waals surface area contributed by atoms with Crippen molar-refractivity contribution in [3.8, 4) is 11.1 Å². The smallest absolute Gasteiger partial charge is 0.414 e. The van der Waals surface area contributed by atoms with Gasteiger partial charge in [0, 0.05) is 19.0 Å². The Morgan fingerprint density at radius 3 is 2.67 bits per heavy atom. The van der Waals surface area contributed by atoms with Gasteiger partial charge in [0.2, 0.25) is 5.91 Å². The first-order valence-electron chi connectivity index (χ1n) is 9.86. The van der Waals surface area contributed by atoms with Gasteiger partial charge in [-0.3, -0.25) is 14.1 Å². The molecular formula is C22H25F2N3O3. The van der Waals surface area contributed by atoms with Crippen LogP contribution >= 0.6 is 0 Å². The third kappa shape index (κ3) is 5.54. The average Bonchev–Trinajstić information content (AvgIpc) is 3.11. The summed E-state index contributed by atoms with van der Waals surface area (Å²) in [6.45, 7) is 2.73. The van der Waals surface area contributed by atoms with Crippen LogP contribution in [0.4, 0.5) is 19.3 Å². The third-order valence-corrected chi connectivity index (χ3v) is 4.80.